The van der Waals surface area contributed by atoms with Gasteiger partial charge in [-0.2, -0.15) is 0 Å². The molecule has 0 fully saturated rings. The number of carbonyl (C=O) groups is 1. The first-order valence-corrected chi connectivity index (χ1v) is 8.87. The molecule has 0 radical (unpaired) electrons. The van der Waals surface area contributed by atoms with E-state index in [-0.39, 0.29) is 11.9 Å². The molecule has 0 aliphatic carbocycles. The van der Waals surface area contributed by atoms with Crippen molar-refractivity contribution in [3.63, 3.8) is 0 Å². The monoisotopic (exact) mass is 344 g/mol. The zero-order valence-corrected chi connectivity index (χ0v) is 15.2. The van der Waals surface area contributed by atoms with Crippen molar-refractivity contribution >= 4 is 11.6 Å². The fourth-order valence-corrected chi connectivity index (χ4v) is 2.80. The van der Waals surface area contributed by atoms with Crippen LogP contribution in [0.5, 0.6) is 0 Å². The van der Waals surface area contributed by atoms with Crippen LogP contribution in [0.2, 0.25) is 0 Å². The summed E-state index contributed by atoms with van der Waals surface area (Å²) < 4.78 is 0. The molecule has 132 valence electrons. The highest BCUT2D eigenvalue weighted by Crippen LogP contribution is 2.15. The van der Waals surface area contributed by atoms with Crippen molar-refractivity contribution in [3.05, 3.63) is 101 Å². The summed E-state index contributed by atoms with van der Waals surface area (Å²) in [7, 11) is 0. The lowest BCUT2D eigenvalue weighted by atomic mass is 10.1. The number of rotatable bonds is 6. The van der Waals surface area contributed by atoms with Gasteiger partial charge < -0.3 is 10.6 Å². The van der Waals surface area contributed by atoms with Gasteiger partial charge in [0.1, 0.15) is 0 Å². The number of amides is 1. The van der Waals surface area contributed by atoms with Gasteiger partial charge in [0.05, 0.1) is 0 Å². The van der Waals surface area contributed by atoms with Crippen LogP contribution < -0.4 is 10.6 Å². The zero-order valence-electron chi connectivity index (χ0n) is 15.2. The van der Waals surface area contributed by atoms with Gasteiger partial charge in [-0.05, 0) is 49.2 Å². The second-order valence-electron chi connectivity index (χ2n) is 6.53. The highest BCUT2D eigenvalue weighted by Gasteiger charge is 2.07. The maximum Gasteiger partial charge on any atom is 0.255 e. The lowest BCUT2D eigenvalue weighted by Gasteiger charge is -2.15. The summed E-state index contributed by atoms with van der Waals surface area (Å²) in [5, 5.41) is 6.49. The van der Waals surface area contributed by atoms with Crippen molar-refractivity contribution in [2.75, 3.05) is 5.32 Å². The molecule has 0 aliphatic heterocycles. The van der Waals surface area contributed by atoms with E-state index in [4.69, 9.17) is 0 Å². The number of hydrogen-bond donors (Lipinski definition) is 2. The fraction of sp³-hybridized carbons (Fsp3) is 0.174. The minimum absolute atomic E-state index is 0.0900. The van der Waals surface area contributed by atoms with Crippen LogP contribution in [-0.4, -0.2) is 5.91 Å². The third-order valence-corrected chi connectivity index (χ3v) is 4.41. The van der Waals surface area contributed by atoms with Crippen LogP contribution in [0.15, 0.2) is 78.9 Å². The molecule has 3 rings (SSSR count). The first kappa shape index (κ1) is 17.9. The molecule has 26 heavy (non-hydrogen) atoms. The molecule has 0 spiro atoms. The predicted octanol–water partition coefficient (Wildman–Crippen LogP) is 5.10. The topological polar surface area (TPSA) is 41.1 Å². The van der Waals surface area contributed by atoms with E-state index in [9.17, 15) is 4.79 Å². The molecule has 3 aromatic rings. The number of carbonyl (C=O) groups excluding carboxylic acids is 1. The smallest absolute Gasteiger partial charge is 0.255 e. The van der Waals surface area contributed by atoms with E-state index in [1.807, 2.05) is 55.5 Å². The summed E-state index contributed by atoms with van der Waals surface area (Å²) in [5.74, 6) is -0.0900. The zero-order chi connectivity index (χ0) is 18.4. The Kier molecular flexibility index (Phi) is 5.82. The average molecular weight is 344 g/mol. The molecule has 0 aromatic heterocycles. The van der Waals surface area contributed by atoms with Gasteiger partial charge in [-0.15, -0.1) is 0 Å². The summed E-state index contributed by atoms with van der Waals surface area (Å²) >= 11 is 0. The van der Waals surface area contributed by atoms with E-state index in [2.05, 4.69) is 47.9 Å². The summed E-state index contributed by atoms with van der Waals surface area (Å²) in [6.07, 6.45) is 0. The van der Waals surface area contributed by atoms with Crippen LogP contribution in [0, 0.1) is 6.92 Å². The molecule has 2 N–H and O–H groups in total. The minimum atomic E-state index is -0.0900. The maximum absolute atomic E-state index is 12.4. The van der Waals surface area contributed by atoms with Crippen LogP contribution in [0.3, 0.4) is 0 Å². The molecular formula is C23H24N2O. The van der Waals surface area contributed by atoms with Crippen molar-refractivity contribution in [1.82, 2.24) is 5.32 Å². The van der Waals surface area contributed by atoms with E-state index in [1.165, 1.54) is 5.56 Å². The molecule has 0 bridgehead atoms. The fourth-order valence-electron chi connectivity index (χ4n) is 2.80. The van der Waals surface area contributed by atoms with E-state index in [0.717, 1.165) is 23.4 Å². The van der Waals surface area contributed by atoms with Gasteiger partial charge in [-0.1, -0.05) is 60.2 Å². The number of anilines is 1. The summed E-state index contributed by atoms with van der Waals surface area (Å²) in [6, 6.07) is 26.2. The van der Waals surface area contributed by atoms with E-state index in [1.54, 1.807) is 0 Å². The Bertz CT molecular complexity index is 857. The molecular weight excluding hydrogens is 320 g/mol. The van der Waals surface area contributed by atoms with Crippen molar-refractivity contribution in [3.8, 4) is 0 Å². The van der Waals surface area contributed by atoms with Crippen molar-refractivity contribution in [2.24, 2.45) is 0 Å². The van der Waals surface area contributed by atoms with Gasteiger partial charge in [0.2, 0.25) is 0 Å². The average Bonchev–Trinajstić information content (AvgIpc) is 2.67. The van der Waals surface area contributed by atoms with Gasteiger partial charge in [0.25, 0.3) is 5.91 Å². The molecule has 1 amide bonds. The Morgan fingerprint density at radius 1 is 0.923 bits per heavy atom. The van der Waals surface area contributed by atoms with Crippen molar-refractivity contribution in [1.29, 1.82) is 0 Å². The van der Waals surface area contributed by atoms with Crippen LogP contribution >= 0.6 is 0 Å². The number of hydrogen-bond acceptors (Lipinski definition) is 2. The summed E-state index contributed by atoms with van der Waals surface area (Å²) in [6.45, 7) is 4.90. The normalized spacial score (nSPS) is 11.8. The van der Waals surface area contributed by atoms with E-state index in [0.29, 0.717) is 5.56 Å². The molecule has 3 heteroatoms. The first-order chi connectivity index (χ1) is 12.6. The Balaban J connectivity index is 1.61. The molecule has 0 saturated carbocycles. The first-order valence-electron chi connectivity index (χ1n) is 8.87. The van der Waals surface area contributed by atoms with E-state index < -0.39 is 0 Å². The number of aryl methyl sites for hydroxylation is 1. The number of nitrogens with one attached hydrogen (secondary N) is 2. The Morgan fingerprint density at radius 3 is 2.38 bits per heavy atom. The molecule has 3 nitrogen and oxygen atoms in total. The largest absolute Gasteiger partial charge is 0.322 e. The van der Waals surface area contributed by atoms with Gasteiger partial charge >= 0.3 is 0 Å². The second-order valence-corrected chi connectivity index (χ2v) is 6.53. The van der Waals surface area contributed by atoms with Crippen LogP contribution in [-0.2, 0) is 6.54 Å². The molecule has 3 aromatic carbocycles. The lowest BCUT2D eigenvalue weighted by Crippen LogP contribution is -2.18. The van der Waals surface area contributed by atoms with Crippen molar-refractivity contribution in [2.45, 2.75) is 26.4 Å². The summed E-state index contributed by atoms with van der Waals surface area (Å²) in [4.78, 5) is 12.4. The molecule has 0 heterocycles. The molecule has 1 atom stereocenters. The predicted molar refractivity (Wildman–Crippen MR) is 107 cm³/mol. The lowest BCUT2D eigenvalue weighted by molar-refractivity contribution is 0.102. The Hall–Kier alpha value is -2.91. The van der Waals surface area contributed by atoms with Crippen LogP contribution in [0.25, 0.3) is 0 Å². The van der Waals surface area contributed by atoms with Gasteiger partial charge in [0, 0.05) is 23.8 Å². The van der Waals surface area contributed by atoms with Gasteiger partial charge in [-0.25, -0.2) is 0 Å². The Labute approximate surface area is 155 Å². The third-order valence-electron chi connectivity index (χ3n) is 4.41. The third kappa shape index (κ3) is 4.80. The minimum Gasteiger partial charge on any atom is -0.322 e. The molecule has 0 aliphatic rings. The molecule has 0 unspecified atom stereocenters. The quantitative estimate of drug-likeness (QED) is 0.653. The second kappa shape index (κ2) is 8.45. The highest BCUT2D eigenvalue weighted by atomic mass is 16.1. The van der Waals surface area contributed by atoms with E-state index >= 15 is 0 Å². The maximum atomic E-state index is 12.4. The van der Waals surface area contributed by atoms with Gasteiger partial charge in [0.15, 0.2) is 0 Å². The SMILES string of the molecule is Cc1ccc(C(=O)Nc2cccc(CN[C@@H](C)c3ccccc3)c2)cc1. The van der Waals surface area contributed by atoms with Gasteiger partial charge in [-0.3, -0.25) is 4.79 Å². The Morgan fingerprint density at radius 2 is 1.65 bits per heavy atom. The standard InChI is InChI=1S/C23H24N2O/c1-17-11-13-21(14-12-17)23(26)25-22-10-6-7-19(15-22)16-24-18(2)20-8-4-3-5-9-20/h3-15,18,24H,16H2,1-2H3,(H,25,26)/t18-/m0/s1. The summed E-state index contributed by atoms with van der Waals surface area (Å²) in [5.41, 5.74) is 5.01. The van der Waals surface area contributed by atoms with Crippen LogP contribution in [0.1, 0.15) is 40.0 Å². The van der Waals surface area contributed by atoms with Crippen molar-refractivity contribution < 1.29 is 4.79 Å². The molecule has 0 saturated heterocycles. The van der Waals surface area contributed by atoms with Crippen LogP contribution in [0.4, 0.5) is 5.69 Å². The highest BCUT2D eigenvalue weighted by molar-refractivity contribution is 6.04. The number of benzene rings is 3.